The molecule has 2 aromatic heterocycles. The molecule has 6 heteroatoms. The fourth-order valence-electron chi connectivity index (χ4n) is 3.69. The molecule has 0 saturated carbocycles. The molecule has 0 aliphatic heterocycles. The van der Waals surface area contributed by atoms with Crippen LogP contribution in [0.4, 0.5) is 0 Å². The molecule has 6 nitrogen and oxygen atoms in total. The second-order valence-corrected chi connectivity index (χ2v) is 7.61. The van der Waals surface area contributed by atoms with Crippen molar-refractivity contribution in [1.29, 1.82) is 0 Å². The highest BCUT2D eigenvalue weighted by Crippen LogP contribution is 2.18. The van der Waals surface area contributed by atoms with Gasteiger partial charge in [-0.05, 0) is 54.8 Å². The first-order chi connectivity index (χ1) is 15.7. The number of benzene rings is 2. The number of nitrogens with one attached hydrogen (secondary N) is 1. The first kappa shape index (κ1) is 21.6. The lowest BCUT2D eigenvalue weighted by atomic mass is 10.2. The van der Waals surface area contributed by atoms with Gasteiger partial charge in [-0.2, -0.15) is 0 Å². The van der Waals surface area contributed by atoms with E-state index in [1.807, 2.05) is 30.3 Å². The topological polar surface area (TPSA) is 69.0 Å². The second-order valence-electron chi connectivity index (χ2n) is 7.61. The zero-order chi connectivity index (χ0) is 22.2. The van der Waals surface area contributed by atoms with Crippen molar-refractivity contribution < 1.29 is 9.53 Å². The lowest BCUT2D eigenvalue weighted by Gasteiger charge is -2.11. The fourth-order valence-corrected chi connectivity index (χ4v) is 3.69. The fraction of sp³-hybridized carbons (Fsp3) is 0.269. The third-order valence-corrected chi connectivity index (χ3v) is 5.44. The van der Waals surface area contributed by atoms with Crippen LogP contribution in [0.25, 0.3) is 11.0 Å². The summed E-state index contributed by atoms with van der Waals surface area (Å²) in [6.45, 7) is 4.11. The summed E-state index contributed by atoms with van der Waals surface area (Å²) in [4.78, 5) is 21.0. The number of pyridine rings is 1. The Bertz CT molecular complexity index is 1150. The number of hydrogen-bond donors (Lipinski definition) is 1. The molecule has 0 atom stereocenters. The van der Waals surface area contributed by atoms with Gasteiger partial charge in [-0.15, -0.1) is 0 Å². The van der Waals surface area contributed by atoms with Crippen LogP contribution in [0.15, 0.2) is 73.1 Å². The lowest BCUT2D eigenvalue weighted by molar-refractivity contribution is 0.0954. The third kappa shape index (κ3) is 5.32. The Morgan fingerprint density at radius 1 is 1.03 bits per heavy atom. The van der Waals surface area contributed by atoms with Crippen LogP contribution in [0.2, 0.25) is 0 Å². The molecule has 2 aromatic carbocycles. The predicted molar refractivity (Wildman–Crippen MR) is 126 cm³/mol. The molecule has 1 amide bonds. The zero-order valence-corrected chi connectivity index (χ0v) is 18.3. The van der Waals surface area contributed by atoms with Crippen LogP contribution in [0.3, 0.4) is 0 Å². The van der Waals surface area contributed by atoms with E-state index in [0.29, 0.717) is 25.1 Å². The molecule has 0 unspecified atom stereocenters. The number of aromatic nitrogens is 3. The lowest BCUT2D eigenvalue weighted by Crippen LogP contribution is -2.26. The number of para-hydroxylation sites is 2. The van der Waals surface area contributed by atoms with Crippen LogP contribution in [-0.4, -0.2) is 33.6 Å². The van der Waals surface area contributed by atoms with Crippen molar-refractivity contribution in [2.45, 2.75) is 32.7 Å². The maximum absolute atomic E-state index is 12.3. The smallest absolute Gasteiger partial charge is 0.251 e. The zero-order valence-electron chi connectivity index (χ0n) is 18.3. The van der Waals surface area contributed by atoms with Crippen molar-refractivity contribution in [2.75, 3.05) is 13.2 Å². The molecule has 32 heavy (non-hydrogen) atoms. The average molecular weight is 429 g/mol. The normalized spacial score (nSPS) is 10.9. The van der Waals surface area contributed by atoms with Gasteiger partial charge in [0.25, 0.3) is 5.91 Å². The Hall–Kier alpha value is -3.67. The minimum absolute atomic E-state index is 0.0995. The van der Waals surface area contributed by atoms with Crippen LogP contribution in [0, 0.1) is 0 Å². The quantitative estimate of drug-likeness (QED) is 0.379. The van der Waals surface area contributed by atoms with Gasteiger partial charge in [0, 0.05) is 37.5 Å². The van der Waals surface area contributed by atoms with E-state index in [0.717, 1.165) is 42.0 Å². The van der Waals surface area contributed by atoms with Gasteiger partial charge in [-0.3, -0.25) is 9.78 Å². The number of ether oxygens (including phenoxy) is 1. The Balaban J connectivity index is 1.36. The van der Waals surface area contributed by atoms with Gasteiger partial charge >= 0.3 is 0 Å². The molecule has 0 bridgehead atoms. The molecular formula is C26H28N4O2. The van der Waals surface area contributed by atoms with Gasteiger partial charge in [0.15, 0.2) is 0 Å². The summed E-state index contributed by atoms with van der Waals surface area (Å²) < 4.78 is 8.16. The van der Waals surface area contributed by atoms with Crippen LogP contribution < -0.4 is 10.1 Å². The molecule has 0 spiro atoms. The number of rotatable bonds is 10. The van der Waals surface area contributed by atoms with E-state index in [1.54, 1.807) is 24.5 Å². The second kappa shape index (κ2) is 10.6. The highest BCUT2D eigenvalue weighted by Gasteiger charge is 2.11. The number of carbonyl (C=O) groups excluding carboxylic acids is 1. The first-order valence-corrected chi connectivity index (χ1v) is 11.1. The highest BCUT2D eigenvalue weighted by atomic mass is 16.5. The standard InChI is InChI=1S/C26H28N4O2/c1-2-20-8-10-22(11-9-20)32-19-5-18-30-24-7-4-3-6-23(24)29-25(30)14-17-28-26(31)21-12-15-27-16-13-21/h3-4,6-13,15-16H,2,5,14,17-19H2,1H3,(H,28,31). The summed E-state index contributed by atoms with van der Waals surface area (Å²) in [6, 6.07) is 19.8. The van der Waals surface area contributed by atoms with Gasteiger partial charge in [-0.1, -0.05) is 31.2 Å². The minimum Gasteiger partial charge on any atom is -0.494 e. The van der Waals surface area contributed by atoms with E-state index in [-0.39, 0.29) is 5.91 Å². The van der Waals surface area contributed by atoms with E-state index in [4.69, 9.17) is 9.72 Å². The number of hydrogen-bond acceptors (Lipinski definition) is 4. The molecular weight excluding hydrogens is 400 g/mol. The summed E-state index contributed by atoms with van der Waals surface area (Å²) in [7, 11) is 0. The first-order valence-electron chi connectivity index (χ1n) is 11.1. The van der Waals surface area contributed by atoms with E-state index in [1.165, 1.54) is 5.56 Å². The number of carbonyl (C=O) groups is 1. The maximum atomic E-state index is 12.3. The maximum Gasteiger partial charge on any atom is 0.251 e. The molecule has 164 valence electrons. The highest BCUT2D eigenvalue weighted by molar-refractivity contribution is 5.93. The monoisotopic (exact) mass is 428 g/mol. The Morgan fingerprint density at radius 3 is 2.59 bits per heavy atom. The molecule has 4 aromatic rings. The minimum atomic E-state index is -0.0995. The van der Waals surface area contributed by atoms with Crippen molar-refractivity contribution in [3.05, 3.63) is 90.0 Å². The molecule has 0 saturated heterocycles. The van der Waals surface area contributed by atoms with E-state index >= 15 is 0 Å². The van der Waals surface area contributed by atoms with Crippen molar-refractivity contribution in [1.82, 2.24) is 19.9 Å². The van der Waals surface area contributed by atoms with Gasteiger partial charge in [-0.25, -0.2) is 4.98 Å². The molecule has 0 aliphatic carbocycles. The number of fused-ring (bicyclic) bond motifs is 1. The van der Waals surface area contributed by atoms with Crippen molar-refractivity contribution in [3.63, 3.8) is 0 Å². The molecule has 0 fully saturated rings. The summed E-state index contributed by atoms with van der Waals surface area (Å²) >= 11 is 0. The SMILES string of the molecule is CCc1ccc(OCCCn2c(CCNC(=O)c3ccncc3)nc3ccccc32)cc1. The summed E-state index contributed by atoms with van der Waals surface area (Å²) in [5.74, 6) is 1.77. The number of imidazole rings is 1. The Morgan fingerprint density at radius 2 is 1.81 bits per heavy atom. The van der Waals surface area contributed by atoms with Crippen LogP contribution in [0.5, 0.6) is 5.75 Å². The molecule has 0 radical (unpaired) electrons. The largest absolute Gasteiger partial charge is 0.494 e. The van der Waals surface area contributed by atoms with Crippen LogP contribution in [-0.2, 0) is 19.4 Å². The van der Waals surface area contributed by atoms with Gasteiger partial charge in [0.05, 0.1) is 17.6 Å². The summed E-state index contributed by atoms with van der Waals surface area (Å²) in [5.41, 5.74) is 4.00. The molecule has 2 heterocycles. The predicted octanol–water partition coefficient (Wildman–Crippen LogP) is 4.44. The number of amides is 1. The van der Waals surface area contributed by atoms with E-state index in [2.05, 4.69) is 40.0 Å². The third-order valence-electron chi connectivity index (χ3n) is 5.44. The Kier molecular flexibility index (Phi) is 7.12. The van der Waals surface area contributed by atoms with Crippen molar-refractivity contribution >= 4 is 16.9 Å². The summed E-state index contributed by atoms with van der Waals surface area (Å²) in [5, 5.41) is 2.97. The van der Waals surface area contributed by atoms with Crippen LogP contribution in [0.1, 0.15) is 35.1 Å². The van der Waals surface area contributed by atoms with Crippen molar-refractivity contribution in [3.8, 4) is 5.75 Å². The van der Waals surface area contributed by atoms with Gasteiger partial charge in [0.1, 0.15) is 11.6 Å². The number of nitrogens with zero attached hydrogens (tertiary/aromatic N) is 3. The number of aryl methyl sites for hydroxylation is 2. The van der Waals surface area contributed by atoms with E-state index in [9.17, 15) is 4.79 Å². The van der Waals surface area contributed by atoms with Crippen LogP contribution >= 0.6 is 0 Å². The van der Waals surface area contributed by atoms with E-state index < -0.39 is 0 Å². The summed E-state index contributed by atoms with van der Waals surface area (Å²) in [6.07, 6.45) is 5.79. The Labute approximate surface area is 188 Å². The van der Waals surface area contributed by atoms with Gasteiger partial charge < -0.3 is 14.6 Å². The molecule has 0 aliphatic rings. The van der Waals surface area contributed by atoms with Gasteiger partial charge in [0.2, 0.25) is 0 Å². The van der Waals surface area contributed by atoms with Crippen molar-refractivity contribution in [2.24, 2.45) is 0 Å². The molecule has 4 rings (SSSR count). The average Bonchev–Trinajstić information content (AvgIpc) is 3.20. The molecule has 1 N–H and O–H groups in total.